The molecular formula is C2H3F3KNO4S2. The molecule has 0 aliphatic heterocycles. The van der Waals surface area contributed by atoms with E-state index in [4.69, 9.17) is 5.14 Å². The quantitative estimate of drug-likeness (QED) is 0.507. The molecule has 0 aromatic rings. The van der Waals surface area contributed by atoms with Crippen LogP contribution in [0.4, 0.5) is 13.2 Å². The Kier molecular flexibility index (Phi) is 6.26. The minimum absolute atomic E-state index is 0. The van der Waals surface area contributed by atoms with E-state index in [9.17, 15) is 30.0 Å². The van der Waals surface area contributed by atoms with Crippen molar-refractivity contribution in [2.45, 2.75) is 5.51 Å². The fraction of sp³-hybridized carbons (Fsp3) is 1.00. The minimum Gasteiger partial charge on any atom is -0.563 e. The van der Waals surface area contributed by atoms with Crippen molar-refractivity contribution in [1.29, 1.82) is 0 Å². The van der Waals surface area contributed by atoms with Crippen molar-refractivity contribution in [2.24, 2.45) is 0 Å². The van der Waals surface area contributed by atoms with Gasteiger partial charge in [-0.25, -0.2) is 16.8 Å². The second-order valence-electron chi connectivity index (χ2n) is 1.79. The third kappa shape index (κ3) is 6.38. The molecular weight excluding hydrogens is 262 g/mol. The van der Waals surface area contributed by atoms with Gasteiger partial charge >= 0.3 is 56.9 Å². The summed E-state index contributed by atoms with van der Waals surface area (Å²) in [5.74, 6) is 0. The van der Waals surface area contributed by atoms with Gasteiger partial charge in [0.1, 0.15) is 5.08 Å². The van der Waals surface area contributed by atoms with E-state index in [1.54, 1.807) is 0 Å². The van der Waals surface area contributed by atoms with Gasteiger partial charge in [0.15, 0.2) is 0 Å². The standard InChI is InChI=1S/C2H3F3NO4S2.K/c3-2(4,5)11(7,8)1-12(6,9)10;/h1H2,(H-,6,9,10);/q-1;+1. The van der Waals surface area contributed by atoms with Gasteiger partial charge in [0, 0.05) is 0 Å². The summed E-state index contributed by atoms with van der Waals surface area (Å²) in [4.78, 5) is 0. The molecule has 0 amide bonds. The molecule has 74 valence electrons. The first-order valence-corrected chi connectivity index (χ1v) is 5.52. The Bertz CT molecular complexity index is 355. The van der Waals surface area contributed by atoms with Crippen LogP contribution in [0, 0.1) is 0 Å². The molecule has 0 aromatic carbocycles. The number of hydrogen-bond acceptors (Lipinski definition) is 4. The number of alkyl halides is 3. The summed E-state index contributed by atoms with van der Waals surface area (Å²) in [5.41, 5.74) is -5.62. The van der Waals surface area contributed by atoms with E-state index in [0.29, 0.717) is 0 Å². The van der Waals surface area contributed by atoms with Gasteiger partial charge in [0.25, 0.3) is 9.84 Å². The molecule has 5 nitrogen and oxygen atoms in total. The number of rotatable bonds is 2. The van der Waals surface area contributed by atoms with Crippen LogP contribution in [0.3, 0.4) is 0 Å². The van der Waals surface area contributed by atoms with Crippen LogP contribution >= 0.6 is 0 Å². The van der Waals surface area contributed by atoms with E-state index in [2.05, 4.69) is 0 Å². The Hall–Kier alpha value is 1.29. The number of sulfonamides is 1. The fourth-order valence-electron chi connectivity index (χ4n) is 0.271. The Morgan fingerprint density at radius 1 is 1.08 bits per heavy atom. The second kappa shape index (κ2) is 4.87. The van der Waals surface area contributed by atoms with Crippen molar-refractivity contribution >= 4 is 19.9 Å². The van der Waals surface area contributed by atoms with Gasteiger partial charge in [-0.2, -0.15) is 13.2 Å². The fourth-order valence-corrected chi connectivity index (χ4v) is 2.44. The van der Waals surface area contributed by atoms with Gasteiger partial charge in [-0.05, 0) is 0 Å². The summed E-state index contributed by atoms with van der Waals surface area (Å²) < 4.78 is 74.1. The van der Waals surface area contributed by atoms with Crippen LogP contribution in [0.1, 0.15) is 0 Å². The summed E-state index contributed by atoms with van der Waals surface area (Å²) in [6.07, 6.45) is 0. The Morgan fingerprint density at radius 3 is 1.46 bits per heavy atom. The van der Waals surface area contributed by atoms with Crippen molar-refractivity contribution in [2.75, 3.05) is 5.08 Å². The molecule has 0 aliphatic carbocycles. The average Bonchev–Trinajstić information content (AvgIpc) is 1.52. The van der Waals surface area contributed by atoms with Crippen LogP contribution in [0.15, 0.2) is 0 Å². The van der Waals surface area contributed by atoms with E-state index in [0.717, 1.165) is 0 Å². The maximum atomic E-state index is 11.4. The molecule has 0 aliphatic rings. The molecule has 11 heteroatoms. The molecule has 0 radical (unpaired) electrons. The predicted molar refractivity (Wildman–Crippen MR) is 33.1 cm³/mol. The molecule has 0 bridgehead atoms. The normalized spacial score (nSPS) is 13.5. The van der Waals surface area contributed by atoms with Gasteiger partial charge in [0.2, 0.25) is 0 Å². The van der Waals surface area contributed by atoms with Crippen molar-refractivity contribution in [3.05, 3.63) is 5.14 Å². The second-order valence-corrected chi connectivity index (χ2v) is 5.66. The maximum absolute atomic E-state index is 11.4. The van der Waals surface area contributed by atoms with Crippen LogP contribution in [0.25, 0.3) is 5.14 Å². The Labute approximate surface area is 115 Å². The summed E-state index contributed by atoms with van der Waals surface area (Å²) in [6, 6.07) is 0. The van der Waals surface area contributed by atoms with Gasteiger partial charge in [0.05, 0.1) is 10.0 Å². The zero-order valence-electron chi connectivity index (χ0n) is 6.29. The van der Waals surface area contributed by atoms with E-state index < -0.39 is 30.5 Å². The van der Waals surface area contributed by atoms with E-state index in [-0.39, 0.29) is 51.4 Å². The smallest absolute Gasteiger partial charge is 0.563 e. The third-order valence-corrected chi connectivity index (χ3v) is 3.85. The summed E-state index contributed by atoms with van der Waals surface area (Å²) in [5, 5.41) is 3.73. The van der Waals surface area contributed by atoms with Crippen LogP contribution in [0.2, 0.25) is 0 Å². The number of halogens is 3. The molecule has 0 atom stereocenters. The first-order chi connectivity index (χ1) is 4.96. The van der Waals surface area contributed by atoms with E-state index in [1.807, 2.05) is 0 Å². The molecule has 0 saturated heterocycles. The molecule has 0 fully saturated rings. The minimum atomic E-state index is -5.73. The van der Waals surface area contributed by atoms with Crippen molar-refractivity contribution in [3.8, 4) is 0 Å². The van der Waals surface area contributed by atoms with E-state index in [1.165, 1.54) is 0 Å². The topological polar surface area (TPSA) is 92.1 Å². The zero-order chi connectivity index (χ0) is 10.2. The molecule has 0 aromatic heterocycles. The molecule has 0 heterocycles. The maximum Gasteiger partial charge on any atom is 1.00 e. The summed E-state index contributed by atoms with van der Waals surface area (Å²) >= 11 is 0. The monoisotopic (exact) mass is 265 g/mol. The van der Waals surface area contributed by atoms with Crippen LogP contribution in [-0.2, 0) is 19.9 Å². The Balaban J connectivity index is 0. The molecule has 0 spiro atoms. The predicted octanol–water partition coefficient (Wildman–Crippen LogP) is -2.74. The summed E-state index contributed by atoms with van der Waals surface area (Å²) in [6.45, 7) is 0. The van der Waals surface area contributed by atoms with Crippen LogP contribution in [-0.4, -0.2) is 27.4 Å². The molecule has 0 saturated carbocycles. The molecule has 0 rings (SSSR count). The average molecular weight is 265 g/mol. The third-order valence-electron chi connectivity index (χ3n) is 0.663. The number of nitrogens with one attached hydrogen (secondary N) is 1. The first kappa shape index (κ1) is 16.7. The van der Waals surface area contributed by atoms with Crippen LogP contribution < -0.4 is 51.4 Å². The van der Waals surface area contributed by atoms with Crippen molar-refractivity contribution in [3.63, 3.8) is 0 Å². The van der Waals surface area contributed by atoms with E-state index >= 15 is 0 Å². The molecule has 13 heavy (non-hydrogen) atoms. The van der Waals surface area contributed by atoms with Crippen molar-refractivity contribution < 1.29 is 81.4 Å². The number of hydrogen-bond donors (Lipinski definition) is 0. The van der Waals surface area contributed by atoms with Gasteiger partial charge in [-0.1, -0.05) is 0 Å². The largest absolute Gasteiger partial charge is 1.00 e. The van der Waals surface area contributed by atoms with Crippen molar-refractivity contribution in [1.82, 2.24) is 0 Å². The molecule has 0 unspecified atom stereocenters. The van der Waals surface area contributed by atoms with Crippen LogP contribution in [0.5, 0.6) is 0 Å². The SMILES string of the molecule is [K+].[NH-]S(=O)(=O)CS(=O)(=O)C(F)(F)F. The summed E-state index contributed by atoms with van der Waals surface area (Å²) in [7, 11) is -10.7. The molecule has 1 N–H and O–H groups in total. The zero-order valence-corrected chi connectivity index (χ0v) is 11.0. The number of sulfone groups is 1. The van der Waals surface area contributed by atoms with Gasteiger partial charge in [-0.3, -0.25) is 0 Å². The first-order valence-electron chi connectivity index (χ1n) is 2.22. The Morgan fingerprint density at radius 2 is 1.38 bits per heavy atom. The van der Waals surface area contributed by atoms with Gasteiger partial charge in [-0.15, -0.1) is 0 Å². The van der Waals surface area contributed by atoms with Gasteiger partial charge < -0.3 is 5.14 Å².